The zero-order valence-electron chi connectivity index (χ0n) is 11.1. The number of nitrogens with zero attached hydrogens (tertiary/aromatic N) is 2. The SMILES string of the molecule is CC1CCCC(n2c(CCl)nc3cc(I)ccc32)C1. The van der Waals surface area contributed by atoms with E-state index in [1.165, 1.54) is 34.8 Å². The molecule has 0 radical (unpaired) electrons. The van der Waals surface area contributed by atoms with Crippen LogP contribution in [0.5, 0.6) is 0 Å². The number of hydrogen-bond donors (Lipinski definition) is 0. The van der Waals surface area contributed by atoms with Crippen LogP contribution in [0, 0.1) is 9.49 Å². The second kappa shape index (κ2) is 5.60. The summed E-state index contributed by atoms with van der Waals surface area (Å²) >= 11 is 8.45. The van der Waals surface area contributed by atoms with Crippen molar-refractivity contribution in [3.05, 3.63) is 27.6 Å². The number of alkyl halides is 1. The first-order chi connectivity index (χ1) is 9.19. The molecule has 1 saturated carbocycles. The van der Waals surface area contributed by atoms with Gasteiger partial charge >= 0.3 is 0 Å². The van der Waals surface area contributed by atoms with E-state index in [4.69, 9.17) is 16.6 Å². The molecule has 4 heteroatoms. The topological polar surface area (TPSA) is 17.8 Å². The summed E-state index contributed by atoms with van der Waals surface area (Å²) in [6.45, 7) is 2.36. The van der Waals surface area contributed by atoms with E-state index in [9.17, 15) is 0 Å². The van der Waals surface area contributed by atoms with Gasteiger partial charge in [0.05, 0.1) is 16.9 Å². The second-order valence-electron chi connectivity index (χ2n) is 5.59. The highest BCUT2D eigenvalue weighted by molar-refractivity contribution is 14.1. The van der Waals surface area contributed by atoms with Gasteiger partial charge in [-0.2, -0.15) is 0 Å². The number of imidazole rings is 1. The van der Waals surface area contributed by atoms with Crippen molar-refractivity contribution in [2.24, 2.45) is 5.92 Å². The molecular formula is C15H18ClIN2. The number of benzene rings is 1. The van der Waals surface area contributed by atoms with Gasteiger partial charge in [0.25, 0.3) is 0 Å². The van der Waals surface area contributed by atoms with E-state index in [1.54, 1.807) is 0 Å². The first kappa shape index (κ1) is 13.7. The van der Waals surface area contributed by atoms with E-state index < -0.39 is 0 Å². The van der Waals surface area contributed by atoms with Gasteiger partial charge < -0.3 is 4.57 Å². The van der Waals surface area contributed by atoms with Crippen LogP contribution in [0.25, 0.3) is 11.0 Å². The fraction of sp³-hybridized carbons (Fsp3) is 0.533. The summed E-state index contributed by atoms with van der Waals surface area (Å²) < 4.78 is 3.63. The van der Waals surface area contributed by atoms with E-state index in [0.29, 0.717) is 11.9 Å². The lowest BCUT2D eigenvalue weighted by molar-refractivity contribution is 0.283. The summed E-state index contributed by atoms with van der Waals surface area (Å²) in [5.74, 6) is 2.33. The molecule has 2 atom stereocenters. The Labute approximate surface area is 132 Å². The lowest BCUT2D eigenvalue weighted by Crippen LogP contribution is -2.19. The van der Waals surface area contributed by atoms with Crippen molar-refractivity contribution in [3.8, 4) is 0 Å². The minimum absolute atomic E-state index is 0.496. The highest BCUT2D eigenvalue weighted by atomic mass is 127. The lowest BCUT2D eigenvalue weighted by atomic mass is 9.87. The van der Waals surface area contributed by atoms with Crippen LogP contribution in [-0.2, 0) is 5.88 Å². The molecule has 0 spiro atoms. The fourth-order valence-corrected chi connectivity index (χ4v) is 3.92. The normalized spacial score (nSPS) is 23.9. The zero-order valence-corrected chi connectivity index (χ0v) is 14.0. The van der Waals surface area contributed by atoms with Crippen LogP contribution in [0.4, 0.5) is 0 Å². The number of hydrogen-bond acceptors (Lipinski definition) is 1. The maximum absolute atomic E-state index is 6.11. The van der Waals surface area contributed by atoms with E-state index in [2.05, 4.69) is 52.3 Å². The third-order valence-corrected chi connectivity index (χ3v) is 5.03. The third-order valence-electron chi connectivity index (χ3n) is 4.12. The van der Waals surface area contributed by atoms with Gasteiger partial charge in [0.1, 0.15) is 5.82 Å². The summed E-state index contributed by atoms with van der Waals surface area (Å²) in [6, 6.07) is 7.07. The smallest absolute Gasteiger partial charge is 0.125 e. The van der Waals surface area contributed by atoms with Crippen molar-refractivity contribution < 1.29 is 0 Å². The minimum Gasteiger partial charge on any atom is -0.324 e. The first-order valence-electron chi connectivity index (χ1n) is 6.91. The zero-order chi connectivity index (χ0) is 13.4. The Kier molecular flexibility index (Phi) is 4.03. The molecule has 0 N–H and O–H groups in total. The molecule has 2 unspecified atom stereocenters. The maximum atomic E-state index is 6.11. The van der Waals surface area contributed by atoms with Crippen LogP contribution >= 0.6 is 34.2 Å². The van der Waals surface area contributed by atoms with Crippen molar-refractivity contribution in [2.45, 2.75) is 44.5 Å². The maximum Gasteiger partial charge on any atom is 0.125 e. The van der Waals surface area contributed by atoms with E-state index in [1.807, 2.05) is 0 Å². The molecule has 1 fully saturated rings. The Bertz CT molecular complexity index is 593. The molecule has 2 nitrogen and oxygen atoms in total. The monoisotopic (exact) mass is 388 g/mol. The predicted octanol–water partition coefficient (Wildman–Crippen LogP) is 5.13. The molecule has 1 aliphatic rings. The number of rotatable bonds is 2. The molecule has 3 rings (SSSR count). The Morgan fingerprint density at radius 1 is 1.42 bits per heavy atom. The number of fused-ring (bicyclic) bond motifs is 1. The first-order valence-corrected chi connectivity index (χ1v) is 8.52. The molecule has 19 heavy (non-hydrogen) atoms. The van der Waals surface area contributed by atoms with Crippen LogP contribution in [-0.4, -0.2) is 9.55 Å². The minimum atomic E-state index is 0.496. The highest BCUT2D eigenvalue weighted by Gasteiger charge is 2.24. The quantitative estimate of drug-likeness (QED) is 0.515. The van der Waals surface area contributed by atoms with Crippen LogP contribution in [0.2, 0.25) is 0 Å². The highest BCUT2D eigenvalue weighted by Crippen LogP contribution is 2.35. The van der Waals surface area contributed by atoms with E-state index in [0.717, 1.165) is 17.3 Å². The van der Waals surface area contributed by atoms with Gasteiger partial charge in [-0.05, 0) is 59.5 Å². The molecule has 0 bridgehead atoms. The van der Waals surface area contributed by atoms with Crippen molar-refractivity contribution in [3.63, 3.8) is 0 Å². The van der Waals surface area contributed by atoms with Gasteiger partial charge in [-0.15, -0.1) is 11.6 Å². The van der Waals surface area contributed by atoms with Crippen LogP contribution in [0.1, 0.15) is 44.5 Å². The summed E-state index contributed by atoms with van der Waals surface area (Å²) in [5, 5.41) is 0. The summed E-state index contributed by atoms with van der Waals surface area (Å²) in [6.07, 6.45) is 5.18. The van der Waals surface area contributed by atoms with Crippen molar-refractivity contribution in [1.29, 1.82) is 0 Å². The average Bonchev–Trinajstić information content (AvgIpc) is 2.76. The lowest BCUT2D eigenvalue weighted by Gasteiger charge is -2.29. The molecule has 2 aromatic rings. The van der Waals surface area contributed by atoms with Gasteiger partial charge in [-0.1, -0.05) is 19.8 Å². The predicted molar refractivity (Wildman–Crippen MR) is 88.7 cm³/mol. The standard InChI is InChI=1S/C15H18ClIN2/c1-10-3-2-4-12(7-10)19-14-6-5-11(17)8-13(14)18-15(19)9-16/h5-6,8,10,12H,2-4,7,9H2,1H3. The molecule has 1 heterocycles. The number of aromatic nitrogens is 2. The van der Waals surface area contributed by atoms with Crippen LogP contribution < -0.4 is 0 Å². The van der Waals surface area contributed by atoms with E-state index >= 15 is 0 Å². The van der Waals surface area contributed by atoms with Gasteiger partial charge in [0.2, 0.25) is 0 Å². The van der Waals surface area contributed by atoms with Crippen LogP contribution in [0.3, 0.4) is 0 Å². The Balaban J connectivity index is 2.10. The molecule has 1 aliphatic carbocycles. The van der Waals surface area contributed by atoms with E-state index in [-0.39, 0.29) is 0 Å². The molecule has 0 amide bonds. The molecule has 1 aromatic heterocycles. The van der Waals surface area contributed by atoms with Crippen molar-refractivity contribution in [2.75, 3.05) is 0 Å². The molecule has 0 aliphatic heterocycles. The Morgan fingerprint density at radius 2 is 2.26 bits per heavy atom. The van der Waals surface area contributed by atoms with Gasteiger partial charge in [0.15, 0.2) is 0 Å². The summed E-state index contributed by atoms with van der Waals surface area (Å²) in [7, 11) is 0. The van der Waals surface area contributed by atoms with Gasteiger partial charge in [-0.3, -0.25) is 0 Å². The Morgan fingerprint density at radius 3 is 3.00 bits per heavy atom. The largest absolute Gasteiger partial charge is 0.324 e. The van der Waals surface area contributed by atoms with Crippen LogP contribution in [0.15, 0.2) is 18.2 Å². The number of halogens is 2. The average molecular weight is 389 g/mol. The fourth-order valence-electron chi connectivity index (χ4n) is 3.26. The van der Waals surface area contributed by atoms with Crippen molar-refractivity contribution in [1.82, 2.24) is 9.55 Å². The Hall–Kier alpha value is -0.290. The third kappa shape index (κ3) is 2.64. The van der Waals surface area contributed by atoms with Gasteiger partial charge in [0, 0.05) is 9.61 Å². The van der Waals surface area contributed by atoms with Gasteiger partial charge in [-0.25, -0.2) is 4.98 Å². The second-order valence-corrected chi connectivity index (χ2v) is 7.10. The summed E-state index contributed by atoms with van der Waals surface area (Å²) in [5.41, 5.74) is 2.33. The summed E-state index contributed by atoms with van der Waals surface area (Å²) in [4.78, 5) is 4.72. The molecule has 102 valence electrons. The molecule has 0 saturated heterocycles. The molecular weight excluding hydrogens is 371 g/mol. The van der Waals surface area contributed by atoms with Crippen molar-refractivity contribution >= 4 is 45.2 Å². The molecule has 1 aromatic carbocycles.